The van der Waals surface area contributed by atoms with Gasteiger partial charge in [-0.3, -0.25) is 4.79 Å². The second-order valence-corrected chi connectivity index (χ2v) is 13.2. The van der Waals surface area contributed by atoms with E-state index in [2.05, 4.69) is 23.4 Å². The number of aryl methyl sites for hydroxylation is 2. The number of nitrogens with two attached hydrogens (primary N) is 1. The van der Waals surface area contributed by atoms with Gasteiger partial charge < -0.3 is 11.1 Å². The molecule has 0 fully saturated rings. The fraction of sp³-hybridized carbons (Fsp3) is 0.241. The molecule has 0 atom stereocenters. The maximum Gasteiger partial charge on any atom is 0.282 e. The number of anilines is 4. The fourth-order valence-corrected chi connectivity index (χ4v) is 7.16. The van der Waals surface area contributed by atoms with Crippen LogP contribution < -0.4 is 19.8 Å². The highest BCUT2D eigenvalue weighted by Crippen LogP contribution is 2.28. The van der Waals surface area contributed by atoms with Gasteiger partial charge in [-0.05, 0) is 67.3 Å². The molecule has 1 heterocycles. The first-order valence-electron chi connectivity index (χ1n) is 12.9. The van der Waals surface area contributed by atoms with Gasteiger partial charge in [0.1, 0.15) is 0 Å². The van der Waals surface area contributed by atoms with Gasteiger partial charge in [-0.1, -0.05) is 50.2 Å². The quantitative estimate of drug-likeness (QED) is 0.287. The van der Waals surface area contributed by atoms with Gasteiger partial charge in [0.2, 0.25) is 20.0 Å². The fourth-order valence-electron chi connectivity index (χ4n) is 4.18. The van der Waals surface area contributed by atoms with Gasteiger partial charge in [0, 0.05) is 17.6 Å². The Morgan fingerprint density at radius 2 is 1.39 bits per heavy atom. The molecule has 0 spiro atoms. The zero-order valence-electron chi connectivity index (χ0n) is 23.7. The summed E-state index contributed by atoms with van der Waals surface area (Å²) in [5, 5.41) is 8.64. The molecule has 0 bridgehead atoms. The zero-order valence-corrected chi connectivity index (χ0v) is 25.3. The highest BCUT2D eigenvalue weighted by molar-refractivity contribution is 8.09. The summed E-state index contributed by atoms with van der Waals surface area (Å²) < 4.78 is 48.1. The lowest BCUT2D eigenvalue weighted by molar-refractivity contribution is -0.114. The number of nitrogens with zero attached hydrogens (tertiary/aromatic N) is 3. The number of nitrogen functional groups attached to an aromatic ring is 1. The Morgan fingerprint density at radius 3 is 1.90 bits per heavy atom. The number of para-hydroxylation sites is 2. The van der Waals surface area contributed by atoms with Gasteiger partial charge in [0.25, 0.3) is 5.91 Å². The molecule has 4 rings (SSSR count). The minimum atomic E-state index is -4.06. The molecule has 0 aromatic heterocycles. The molecule has 0 aliphatic carbocycles. The lowest BCUT2D eigenvalue weighted by atomic mass is 10.1. The maximum atomic E-state index is 12.9. The molecule has 218 valence electrons. The summed E-state index contributed by atoms with van der Waals surface area (Å²) in [6.07, 6.45) is 5.08. The van der Waals surface area contributed by atoms with Crippen molar-refractivity contribution in [3.8, 4) is 0 Å². The van der Waals surface area contributed by atoms with Crippen LogP contribution in [0.25, 0.3) is 0 Å². The van der Waals surface area contributed by atoms with Crippen LogP contribution in [0.15, 0.2) is 89.7 Å². The number of hydrogen-bond donors (Lipinski definition) is 2. The summed E-state index contributed by atoms with van der Waals surface area (Å²) in [6, 6.07) is 21.2. The van der Waals surface area contributed by atoms with Crippen molar-refractivity contribution < 1.29 is 21.6 Å². The zero-order chi connectivity index (χ0) is 30.4. The summed E-state index contributed by atoms with van der Waals surface area (Å²) in [5.74, 6) is -0.361. The summed E-state index contributed by atoms with van der Waals surface area (Å²) >= 11 is 0. The Hall–Kier alpha value is -4.16. The van der Waals surface area contributed by atoms with Gasteiger partial charge in [-0.25, -0.2) is 16.8 Å². The predicted molar refractivity (Wildman–Crippen MR) is 167 cm³/mol. The topological polar surface area (TPSA) is 142 Å². The standard InChI is InChI=1S/C21H24N4O5S2.C8H11N/c1-5-16-8-6-7-9-20(16)22-14-19-15(2)23-24(21(19)26)17-10-12-18(13-11-17)25(31(3,27)28)32(4,29)30;1-2-7-5-3-4-6-8(7)9/h6-14,22H,5H2,1-4H3;3-6H,2,9H2,1H3. The average molecular weight is 598 g/mol. The van der Waals surface area contributed by atoms with Crippen molar-refractivity contribution in [2.75, 3.05) is 32.3 Å². The molecule has 0 unspecified atom stereocenters. The van der Waals surface area contributed by atoms with E-state index in [4.69, 9.17) is 5.73 Å². The smallest absolute Gasteiger partial charge is 0.282 e. The monoisotopic (exact) mass is 597 g/mol. The molecular formula is C29H35N5O5S2. The van der Waals surface area contributed by atoms with Crippen LogP contribution in [0.4, 0.5) is 22.7 Å². The Kier molecular flexibility index (Phi) is 9.95. The van der Waals surface area contributed by atoms with Gasteiger partial charge in [0.05, 0.1) is 35.2 Å². The van der Waals surface area contributed by atoms with E-state index in [-0.39, 0.29) is 11.6 Å². The average Bonchev–Trinajstić information content (AvgIpc) is 3.19. The van der Waals surface area contributed by atoms with E-state index >= 15 is 0 Å². The number of hydrogen-bond acceptors (Lipinski definition) is 8. The van der Waals surface area contributed by atoms with Crippen LogP contribution in [0.3, 0.4) is 0 Å². The van der Waals surface area contributed by atoms with Crippen LogP contribution in [-0.4, -0.2) is 41.0 Å². The highest BCUT2D eigenvalue weighted by atomic mass is 32.3. The molecule has 3 N–H and O–H groups in total. The molecule has 1 amide bonds. The highest BCUT2D eigenvalue weighted by Gasteiger charge is 2.30. The van der Waals surface area contributed by atoms with Crippen molar-refractivity contribution in [1.82, 2.24) is 0 Å². The van der Waals surface area contributed by atoms with Crippen molar-refractivity contribution in [3.63, 3.8) is 0 Å². The third-order valence-electron chi connectivity index (χ3n) is 6.18. The first-order valence-corrected chi connectivity index (χ1v) is 16.6. The van der Waals surface area contributed by atoms with Crippen LogP contribution in [0.1, 0.15) is 31.9 Å². The molecule has 12 heteroatoms. The Labute approximate surface area is 242 Å². The second kappa shape index (κ2) is 13.0. The van der Waals surface area contributed by atoms with Gasteiger partial charge in [-0.2, -0.15) is 13.8 Å². The number of benzene rings is 3. The van der Waals surface area contributed by atoms with Gasteiger partial charge in [-0.15, -0.1) is 0 Å². The number of amides is 1. The first-order chi connectivity index (χ1) is 19.3. The number of nitrogens with one attached hydrogen (secondary N) is 1. The molecule has 3 aromatic carbocycles. The van der Waals surface area contributed by atoms with Crippen LogP contribution in [-0.2, 0) is 37.7 Å². The van der Waals surface area contributed by atoms with Crippen LogP contribution in [0, 0.1) is 0 Å². The molecule has 10 nitrogen and oxygen atoms in total. The van der Waals surface area contributed by atoms with Crippen molar-refractivity contribution in [2.45, 2.75) is 33.6 Å². The van der Waals surface area contributed by atoms with Crippen LogP contribution in [0.2, 0.25) is 0 Å². The Balaban J connectivity index is 0.000000436. The normalized spacial score (nSPS) is 14.4. The van der Waals surface area contributed by atoms with Gasteiger partial charge in [0.15, 0.2) is 0 Å². The second-order valence-electron chi connectivity index (χ2n) is 9.31. The largest absolute Gasteiger partial charge is 0.399 e. The van der Waals surface area contributed by atoms with E-state index in [0.717, 1.165) is 42.3 Å². The first kappa shape index (κ1) is 31.4. The summed E-state index contributed by atoms with van der Waals surface area (Å²) in [7, 11) is -8.11. The lowest BCUT2D eigenvalue weighted by Gasteiger charge is -2.20. The maximum absolute atomic E-state index is 12.9. The van der Waals surface area contributed by atoms with Crippen molar-refractivity contribution in [1.29, 1.82) is 0 Å². The van der Waals surface area contributed by atoms with E-state index in [9.17, 15) is 21.6 Å². The molecule has 0 radical (unpaired) electrons. The van der Waals surface area contributed by atoms with E-state index in [1.165, 1.54) is 34.8 Å². The molecule has 1 aliphatic rings. The molecule has 41 heavy (non-hydrogen) atoms. The Morgan fingerprint density at radius 1 is 0.854 bits per heavy atom. The van der Waals surface area contributed by atoms with E-state index < -0.39 is 20.0 Å². The summed E-state index contributed by atoms with van der Waals surface area (Å²) in [6.45, 7) is 5.85. The van der Waals surface area contributed by atoms with Crippen LogP contribution in [0.5, 0.6) is 0 Å². The number of hydrazone groups is 1. The minimum Gasteiger partial charge on any atom is -0.399 e. The van der Waals surface area contributed by atoms with Crippen molar-refractivity contribution in [2.24, 2.45) is 5.10 Å². The predicted octanol–water partition coefficient (Wildman–Crippen LogP) is 4.52. The summed E-state index contributed by atoms with van der Waals surface area (Å²) in [5.41, 5.74) is 11.0. The summed E-state index contributed by atoms with van der Waals surface area (Å²) in [4.78, 5) is 12.9. The van der Waals surface area contributed by atoms with Gasteiger partial charge >= 0.3 is 0 Å². The van der Waals surface area contributed by atoms with Crippen molar-refractivity contribution in [3.05, 3.63) is 95.7 Å². The molecule has 0 saturated heterocycles. The molecule has 3 aromatic rings. The van der Waals surface area contributed by atoms with Crippen molar-refractivity contribution >= 4 is 54.4 Å². The van der Waals surface area contributed by atoms with E-state index in [1.54, 1.807) is 13.1 Å². The van der Waals surface area contributed by atoms with E-state index in [0.29, 0.717) is 20.7 Å². The Bertz CT molecular complexity index is 1650. The molecular weight excluding hydrogens is 562 g/mol. The number of carbonyl (C=O) groups excluding carboxylic acids is 1. The molecule has 0 saturated carbocycles. The lowest BCUT2D eigenvalue weighted by Crippen LogP contribution is -2.35. The third-order valence-corrected chi connectivity index (χ3v) is 9.43. The minimum absolute atomic E-state index is 0.0558. The number of carbonyl (C=O) groups is 1. The SMILES string of the molecule is CCc1ccccc1N.CCc1ccccc1NC=C1C(=O)N(c2ccc(N(S(C)(=O)=O)S(C)(=O)=O)cc2)N=C1C. The molecule has 1 aliphatic heterocycles. The van der Waals surface area contributed by atoms with E-state index in [1.807, 2.05) is 49.4 Å². The number of sulfonamides is 2. The third kappa shape index (κ3) is 7.74. The number of rotatable bonds is 8. The van der Waals surface area contributed by atoms with Crippen LogP contribution >= 0.6 is 0 Å².